The zero-order chi connectivity index (χ0) is 18.6. The lowest BCUT2D eigenvalue weighted by Gasteiger charge is -2.10. The van der Waals surface area contributed by atoms with E-state index in [1.807, 2.05) is 48.5 Å². The van der Waals surface area contributed by atoms with Gasteiger partial charge in [-0.05, 0) is 55.0 Å². The number of unbranched alkanes of at least 4 members (excludes halogenated alkanes) is 5. The molecule has 0 spiro atoms. The third-order valence-corrected chi connectivity index (χ3v) is 4.57. The van der Waals surface area contributed by atoms with E-state index in [1.54, 1.807) is 7.11 Å². The summed E-state index contributed by atoms with van der Waals surface area (Å²) in [4.78, 5) is 0.692. The Morgan fingerprint density at radius 1 is 0.846 bits per heavy atom. The summed E-state index contributed by atoms with van der Waals surface area (Å²) in [5.41, 5.74) is 1.92. The second-order valence-electron chi connectivity index (χ2n) is 6.32. The molecule has 2 aromatic rings. The third-order valence-electron chi connectivity index (χ3n) is 4.23. The quantitative estimate of drug-likeness (QED) is 0.375. The van der Waals surface area contributed by atoms with Crippen LogP contribution in [0.15, 0.2) is 48.5 Å². The number of benzene rings is 2. The maximum atomic E-state index is 5.81. The summed E-state index contributed by atoms with van der Waals surface area (Å²) in [7, 11) is 1.66. The van der Waals surface area contributed by atoms with E-state index >= 15 is 0 Å². The molecule has 26 heavy (non-hydrogen) atoms. The minimum absolute atomic E-state index is 0.692. The van der Waals surface area contributed by atoms with E-state index in [2.05, 4.69) is 12.2 Å². The lowest BCUT2D eigenvalue weighted by Crippen LogP contribution is -2.10. The average molecular weight is 372 g/mol. The Morgan fingerprint density at radius 2 is 1.46 bits per heavy atom. The fourth-order valence-electron chi connectivity index (χ4n) is 2.65. The lowest BCUT2D eigenvalue weighted by molar-refractivity contribution is 0.304. The van der Waals surface area contributed by atoms with Crippen molar-refractivity contribution in [2.24, 2.45) is 0 Å². The number of hydrogen-bond acceptors (Lipinski definition) is 3. The molecule has 0 aliphatic carbocycles. The van der Waals surface area contributed by atoms with E-state index in [4.69, 9.17) is 21.7 Å². The van der Waals surface area contributed by atoms with E-state index in [9.17, 15) is 0 Å². The van der Waals surface area contributed by atoms with E-state index in [0.29, 0.717) is 4.99 Å². The molecule has 0 aromatic heterocycles. The molecule has 0 bridgehead atoms. The molecular weight excluding hydrogens is 342 g/mol. The SMILES string of the molecule is CCCCCCCCOc1ccc(C(=S)Nc2ccc(OC)cc2)cc1. The van der Waals surface area contributed by atoms with Crippen molar-refractivity contribution in [3.8, 4) is 11.5 Å². The minimum atomic E-state index is 0.692. The van der Waals surface area contributed by atoms with Crippen molar-refractivity contribution in [3.63, 3.8) is 0 Å². The van der Waals surface area contributed by atoms with Crippen LogP contribution in [-0.2, 0) is 0 Å². The summed E-state index contributed by atoms with van der Waals surface area (Å²) in [6.45, 7) is 3.02. The first-order chi connectivity index (χ1) is 12.7. The summed E-state index contributed by atoms with van der Waals surface area (Å²) in [6.07, 6.45) is 7.63. The fourth-order valence-corrected chi connectivity index (χ4v) is 2.91. The van der Waals surface area contributed by atoms with Crippen LogP contribution in [-0.4, -0.2) is 18.7 Å². The van der Waals surface area contributed by atoms with Crippen molar-refractivity contribution in [2.45, 2.75) is 45.4 Å². The lowest BCUT2D eigenvalue weighted by atomic mass is 10.1. The molecule has 0 atom stereocenters. The molecule has 0 saturated carbocycles. The average Bonchev–Trinajstić information content (AvgIpc) is 2.68. The van der Waals surface area contributed by atoms with Crippen LogP contribution >= 0.6 is 12.2 Å². The Labute approximate surface area is 162 Å². The van der Waals surface area contributed by atoms with Gasteiger partial charge in [0.2, 0.25) is 0 Å². The molecule has 0 aliphatic heterocycles. The molecule has 0 amide bonds. The molecule has 2 aromatic carbocycles. The standard InChI is InChI=1S/C22H29NO2S/c1-3-4-5-6-7-8-17-25-21-13-9-18(10-14-21)22(26)23-19-11-15-20(24-2)16-12-19/h9-16H,3-8,17H2,1-2H3,(H,23,26). The van der Waals surface area contributed by atoms with Crippen LogP contribution in [0.5, 0.6) is 11.5 Å². The van der Waals surface area contributed by atoms with E-state index in [-0.39, 0.29) is 0 Å². The maximum absolute atomic E-state index is 5.81. The van der Waals surface area contributed by atoms with E-state index in [1.165, 1.54) is 32.1 Å². The third kappa shape index (κ3) is 7.04. The van der Waals surface area contributed by atoms with Crippen LogP contribution in [0.3, 0.4) is 0 Å². The predicted molar refractivity (Wildman–Crippen MR) is 114 cm³/mol. The molecule has 4 heteroatoms. The molecular formula is C22H29NO2S. The van der Waals surface area contributed by atoms with Crippen molar-refractivity contribution in [2.75, 3.05) is 19.0 Å². The molecule has 0 heterocycles. The van der Waals surface area contributed by atoms with Crippen LogP contribution in [0.4, 0.5) is 5.69 Å². The number of anilines is 1. The highest BCUT2D eigenvalue weighted by Gasteiger charge is 2.03. The second-order valence-corrected chi connectivity index (χ2v) is 6.73. The van der Waals surface area contributed by atoms with E-state index in [0.717, 1.165) is 35.8 Å². The van der Waals surface area contributed by atoms with Gasteiger partial charge in [-0.15, -0.1) is 0 Å². The van der Waals surface area contributed by atoms with Crippen molar-refractivity contribution < 1.29 is 9.47 Å². The Kier molecular flexibility index (Phi) is 8.98. The molecule has 3 nitrogen and oxygen atoms in total. The van der Waals surface area contributed by atoms with Crippen molar-refractivity contribution in [3.05, 3.63) is 54.1 Å². The Morgan fingerprint density at radius 3 is 2.12 bits per heavy atom. The zero-order valence-electron chi connectivity index (χ0n) is 15.8. The first-order valence-electron chi connectivity index (χ1n) is 9.41. The van der Waals surface area contributed by atoms with Crippen LogP contribution in [0.1, 0.15) is 51.0 Å². The van der Waals surface area contributed by atoms with Gasteiger partial charge in [0, 0.05) is 11.3 Å². The van der Waals surface area contributed by atoms with Crippen LogP contribution in [0.2, 0.25) is 0 Å². The van der Waals surface area contributed by atoms with Gasteiger partial charge in [-0.1, -0.05) is 51.2 Å². The van der Waals surface area contributed by atoms with Gasteiger partial charge in [-0.3, -0.25) is 0 Å². The molecule has 0 saturated heterocycles. The van der Waals surface area contributed by atoms with Gasteiger partial charge in [0.25, 0.3) is 0 Å². The molecule has 0 aliphatic rings. The highest BCUT2D eigenvalue weighted by atomic mass is 32.1. The number of ether oxygens (including phenoxy) is 2. The number of thiocarbonyl (C=S) groups is 1. The van der Waals surface area contributed by atoms with Gasteiger partial charge in [-0.2, -0.15) is 0 Å². The van der Waals surface area contributed by atoms with Gasteiger partial charge in [0.05, 0.1) is 13.7 Å². The highest BCUT2D eigenvalue weighted by molar-refractivity contribution is 7.81. The Balaban J connectivity index is 1.74. The summed E-state index contributed by atoms with van der Waals surface area (Å²) >= 11 is 5.48. The minimum Gasteiger partial charge on any atom is -0.497 e. The molecule has 1 N–H and O–H groups in total. The normalized spacial score (nSPS) is 10.4. The molecule has 140 valence electrons. The number of nitrogens with one attached hydrogen (secondary N) is 1. The van der Waals surface area contributed by atoms with Gasteiger partial charge in [0.15, 0.2) is 0 Å². The zero-order valence-corrected chi connectivity index (χ0v) is 16.6. The van der Waals surface area contributed by atoms with Crippen molar-refractivity contribution in [1.82, 2.24) is 0 Å². The highest BCUT2D eigenvalue weighted by Crippen LogP contribution is 2.18. The summed E-state index contributed by atoms with van der Waals surface area (Å²) in [5, 5.41) is 3.24. The largest absolute Gasteiger partial charge is 0.497 e. The van der Waals surface area contributed by atoms with Gasteiger partial charge < -0.3 is 14.8 Å². The molecule has 0 unspecified atom stereocenters. The Bertz CT molecular complexity index is 653. The van der Waals surface area contributed by atoms with Gasteiger partial charge >= 0.3 is 0 Å². The monoisotopic (exact) mass is 371 g/mol. The summed E-state index contributed by atoms with van der Waals surface area (Å²) < 4.78 is 11.0. The molecule has 2 rings (SSSR count). The number of rotatable bonds is 11. The number of hydrogen-bond donors (Lipinski definition) is 1. The van der Waals surface area contributed by atoms with Crippen molar-refractivity contribution >= 4 is 22.9 Å². The number of methoxy groups -OCH3 is 1. The second kappa shape index (κ2) is 11.5. The summed E-state index contributed by atoms with van der Waals surface area (Å²) in [6, 6.07) is 15.7. The summed E-state index contributed by atoms with van der Waals surface area (Å²) in [5.74, 6) is 1.72. The van der Waals surface area contributed by atoms with E-state index < -0.39 is 0 Å². The first kappa shape index (κ1) is 20.2. The molecule has 0 fully saturated rings. The van der Waals surface area contributed by atoms with Crippen LogP contribution < -0.4 is 14.8 Å². The Hall–Kier alpha value is -2.07. The predicted octanol–water partition coefficient (Wildman–Crippen LogP) is 6.22. The molecule has 0 radical (unpaired) electrons. The van der Waals surface area contributed by atoms with Crippen molar-refractivity contribution in [1.29, 1.82) is 0 Å². The first-order valence-corrected chi connectivity index (χ1v) is 9.82. The van der Waals surface area contributed by atoms with Gasteiger partial charge in [0.1, 0.15) is 16.5 Å². The van der Waals surface area contributed by atoms with Crippen LogP contribution in [0.25, 0.3) is 0 Å². The van der Waals surface area contributed by atoms with Gasteiger partial charge in [-0.25, -0.2) is 0 Å². The smallest absolute Gasteiger partial charge is 0.119 e. The fraction of sp³-hybridized carbons (Fsp3) is 0.409. The van der Waals surface area contributed by atoms with Crippen LogP contribution in [0, 0.1) is 0 Å². The maximum Gasteiger partial charge on any atom is 0.119 e. The topological polar surface area (TPSA) is 30.5 Å².